The molecule has 0 bridgehead atoms. The first kappa shape index (κ1) is 20.5. The minimum absolute atomic E-state index is 0.152. The Morgan fingerprint density at radius 3 is 2.55 bits per heavy atom. The van der Waals surface area contributed by atoms with Gasteiger partial charge in [0.1, 0.15) is 11.6 Å². The molecule has 2 aromatic heterocycles. The second kappa shape index (κ2) is 9.00. The summed E-state index contributed by atoms with van der Waals surface area (Å²) in [6, 6.07) is 25.7. The number of aromatic nitrogens is 4. The van der Waals surface area contributed by atoms with Crippen LogP contribution in [0.15, 0.2) is 85.1 Å². The molecule has 2 N–H and O–H groups in total. The van der Waals surface area contributed by atoms with Crippen LogP contribution in [-0.4, -0.2) is 32.8 Å². The summed E-state index contributed by atoms with van der Waals surface area (Å²) < 4.78 is 7.29. The van der Waals surface area contributed by atoms with Gasteiger partial charge < -0.3 is 14.6 Å². The van der Waals surface area contributed by atoms with Crippen molar-refractivity contribution in [2.45, 2.75) is 13.1 Å². The van der Waals surface area contributed by atoms with Gasteiger partial charge in [-0.1, -0.05) is 48.5 Å². The van der Waals surface area contributed by atoms with E-state index in [9.17, 15) is 4.79 Å². The number of H-pyrrole nitrogens is 1. The zero-order valence-corrected chi connectivity index (χ0v) is 18.2. The summed E-state index contributed by atoms with van der Waals surface area (Å²) >= 11 is 0. The number of amides is 1. The van der Waals surface area contributed by atoms with Crippen LogP contribution in [0.4, 0.5) is 0 Å². The van der Waals surface area contributed by atoms with Crippen molar-refractivity contribution < 1.29 is 9.53 Å². The molecule has 5 rings (SSSR count). The zero-order chi connectivity index (χ0) is 22.6. The van der Waals surface area contributed by atoms with E-state index in [1.165, 1.54) is 5.56 Å². The predicted molar refractivity (Wildman–Crippen MR) is 127 cm³/mol. The summed E-state index contributed by atoms with van der Waals surface area (Å²) in [5.74, 6) is 1.78. The van der Waals surface area contributed by atoms with Crippen molar-refractivity contribution in [1.82, 2.24) is 25.1 Å². The summed E-state index contributed by atoms with van der Waals surface area (Å²) in [6.45, 7) is 0.947. The van der Waals surface area contributed by atoms with Crippen molar-refractivity contribution in [3.63, 3.8) is 0 Å². The number of carbonyl (C=O) groups excluding carboxylic acids is 1. The van der Waals surface area contributed by atoms with Gasteiger partial charge in [0.2, 0.25) is 0 Å². The Bertz CT molecular complexity index is 1390. The van der Waals surface area contributed by atoms with E-state index >= 15 is 0 Å². The fourth-order valence-electron chi connectivity index (χ4n) is 3.84. The lowest BCUT2D eigenvalue weighted by atomic mass is 10.1. The lowest BCUT2D eigenvalue weighted by Gasteiger charge is -2.05. The van der Waals surface area contributed by atoms with Crippen molar-refractivity contribution in [3.8, 4) is 17.1 Å². The fourth-order valence-corrected chi connectivity index (χ4v) is 3.84. The average molecular weight is 438 g/mol. The minimum Gasteiger partial charge on any atom is -0.497 e. The number of hydrogen-bond donors (Lipinski definition) is 2. The molecule has 1 amide bonds. The van der Waals surface area contributed by atoms with E-state index in [-0.39, 0.29) is 12.5 Å². The van der Waals surface area contributed by atoms with Gasteiger partial charge in [-0.05, 0) is 35.9 Å². The third kappa shape index (κ3) is 4.34. The number of benzene rings is 3. The number of hydrogen-bond acceptors (Lipinski definition) is 4. The Balaban J connectivity index is 1.32. The maximum Gasteiger partial charge on any atom is 0.253 e. The van der Waals surface area contributed by atoms with Crippen molar-refractivity contribution in [2.24, 2.45) is 0 Å². The van der Waals surface area contributed by atoms with E-state index in [1.807, 2.05) is 72.9 Å². The van der Waals surface area contributed by atoms with Crippen LogP contribution in [-0.2, 0) is 13.1 Å². The van der Waals surface area contributed by atoms with E-state index in [4.69, 9.17) is 4.74 Å². The first-order chi connectivity index (χ1) is 16.2. The second-order valence-corrected chi connectivity index (χ2v) is 7.69. The number of fused-ring (bicyclic) bond motifs is 1. The zero-order valence-electron chi connectivity index (χ0n) is 18.2. The first-order valence-corrected chi connectivity index (χ1v) is 10.7. The van der Waals surface area contributed by atoms with Crippen LogP contribution in [0, 0.1) is 0 Å². The summed E-state index contributed by atoms with van der Waals surface area (Å²) in [5, 5.41) is 11.0. The Morgan fingerprint density at radius 2 is 1.76 bits per heavy atom. The topological polar surface area (TPSA) is 84.8 Å². The number of rotatable bonds is 7. The smallest absolute Gasteiger partial charge is 0.253 e. The van der Waals surface area contributed by atoms with Crippen LogP contribution >= 0.6 is 0 Å². The van der Waals surface area contributed by atoms with Crippen molar-refractivity contribution in [1.29, 1.82) is 0 Å². The highest BCUT2D eigenvalue weighted by molar-refractivity contribution is 6.07. The molecule has 7 heteroatoms. The Morgan fingerprint density at radius 1 is 1.00 bits per heavy atom. The van der Waals surface area contributed by atoms with E-state index < -0.39 is 0 Å². The third-order valence-corrected chi connectivity index (χ3v) is 5.53. The molecule has 7 nitrogen and oxygen atoms in total. The lowest BCUT2D eigenvalue weighted by molar-refractivity contribution is 0.0951. The molecular formula is C26H23N5O2. The maximum absolute atomic E-state index is 13.0. The van der Waals surface area contributed by atoms with Gasteiger partial charge in [0.05, 0.1) is 19.2 Å². The molecule has 0 aliphatic carbocycles. The fraction of sp³-hybridized carbons (Fsp3) is 0.115. The molecule has 0 fully saturated rings. The Labute approximate surface area is 191 Å². The minimum atomic E-state index is -0.152. The third-order valence-electron chi connectivity index (χ3n) is 5.53. The molecule has 2 heterocycles. The molecule has 0 saturated carbocycles. The van der Waals surface area contributed by atoms with Crippen LogP contribution < -0.4 is 10.1 Å². The average Bonchev–Trinajstić information content (AvgIpc) is 3.49. The second-order valence-electron chi connectivity index (χ2n) is 7.69. The lowest BCUT2D eigenvalue weighted by Crippen LogP contribution is -2.23. The highest BCUT2D eigenvalue weighted by atomic mass is 16.5. The first-order valence-electron chi connectivity index (χ1n) is 10.7. The SMILES string of the molecule is COc1ccc(-c2n[nH]c(CNC(=O)c3cn(Cc4ccccc4)c4ccccc34)n2)cc1. The van der Waals surface area contributed by atoms with E-state index in [2.05, 4.69) is 37.2 Å². The number of carbonyl (C=O) groups is 1. The molecule has 33 heavy (non-hydrogen) atoms. The highest BCUT2D eigenvalue weighted by Gasteiger charge is 2.16. The van der Waals surface area contributed by atoms with Crippen molar-refractivity contribution in [2.75, 3.05) is 7.11 Å². The van der Waals surface area contributed by atoms with Crippen LogP contribution in [0.5, 0.6) is 5.75 Å². The number of nitrogens with one attached hydrogen (secondary N) is 2. The van der Waals surface area contributed by atoms with Gasteiger partial charge in [-0.25, -0.2) is 4.98 Å². The standard InChI is InChI=1S/C26H23N5O2/c1-33-20-13-11-19(12-14-20)25-28-24(29-30-25)15-27-26(32)22-17-31(16-18-7-3-2-4-8-18)23-10-6-5-9-21(22)23/h2-14,17H,15-16H2,1H3,(H,27,32)(H,28,29,30). The molecule has 0 aliphatic heterocycles. The molecule has 5 aromatic rings. The predicted octanol–water partition coefficient (Wildman–Crippen LogP) is 4.41. The van der Waals surface area contributed by atoms with Gasteiger partial charge in [-0.15, -0.1) is 0 Å². The van der Waals surface area contributed by atoms with Gasteiger partial charge in [-0.2, -0.15) is 5.10 Å². The van der Waals surface area contributed by atoms with Crippen molar-refractivity contribution >= 4 is 16.8 Å². The van der Waals surface area contributed by atoms with E-state index in [0.29, 0.717) is 23.8 Å². The van der Waals surface area contributed by atoms with Gasteiger partial charge in [0, 0.05) is 29.2 Å². The van der Waals surface area contributed by atoms with Gasteiger partial charge in [0.15, 0.2) is 5.82 Å². The van der Waals surface area contributed by atoms with Gasteiger partial charge >= 0.3 is 0 Å². The molecule has 0 spiro atoms. The number of ether oxygens (including phenoxy) is 1. The molecule has 0 unspecified atom stereocenters. The van der Waals surface area contributed by atoms with E-state index in [0.717, 1.165) is 22.2 Å². The number of para-hydroxylation sites is 1. The van der Waals surface area contributed by atoms with E-state index in [1.54, 1.807) is 7.11 Å². The van der Waals surface area contributed by atoms with Crippen LogP contribution in [0.3, 0.4) is 0 Å². The molecule has 0 atom stereocenters. The molecule has 0 saturated heterocycles. The Kier molecular flexibility index (Phi) is 5.59. The van der Waals surface area contributed by atoms with Crippen LogP contribution in [0.25, 0.3) is 22.3 Å². The van der Waals surface area contributed by atoms with Gasteiger partial charge in [0.25, 0.3) is 5.91 Å². The maximum atomic E-state index is 13.0. The molecular weight excluding hydrogens is 414 g/mol. The Hall–Kier alpha value is -4.39. The van der Waals surface area contributed by atoms with Crippen LogP contribution in [0.2, 0.25) is 0 Å². The summed E-state index contributed by atoms with van der Waals surface area (Å²) in [4.78, 5) is 17.5. The number of methoxy groups -OCH3 is 1. The molecule has 164 valence electrons. The monoisotopic (exact) mass is 437 g/mol. The molecule has 3 aromatic carbocycles. The largest absolute Gasteiger partial charge is 0.497 e. The normalized spacial score (nSPS) is 10.9. The quantitative estimate of drug-likeness (QED) is 0.395. The summed E-state index contributed by atoms with van der Waals surface area (Å²) in [5.41, 5.74) is 3.70. The molecule has 0 radical (unpaired) electrons. The highest BCUT2D eigenvalue weighted by Crippen LogP contribution is 2.23. The van der Waals surface area contributed by atoms with Crippen molar-refractivity contribution in [3.05, 3.63) is 102 Å². The number of nitrogens with zero attached hydrogens (tertiary/aromatic N) is 3. The van der Waals surface area contributed by atoms with Crippen LogP contribution in [0.1, 0.15) is 21.7 Å². The summed E-state index contributed by atoms with van der Waals surface area (Å²) in [7, 11) is 1.63. The van der Waals surface area contributed by atoms with Gasteiger partial charge in [-0.3, -0.25) is 9.89 Å². The molecule has 0 aliphatic rings. The summed E-state index contributed by atoms with van der Waals surface area (Å²) in [6.07, 6.45) is 1.91. The number of aromatic amines is 1.